The molecule has 0 amide bonds. The number of carbonyl (C=O) groups is 1. The van der Waals surface area contributed by atoms with Gasteiger partial charge in [0.15, 0.2) is 0 Å². The minimum Gasteiger partial charge on any atom is -0.466 e. The summed E-state index contributed by atoms with van der Waals surface area (Å²) >= 11 is 0. The molecular weight excluding hydrogens is 238 g/mol. The van der Waals surface area contributed by atoms with Crippen LogP contribution in [0.5, 0.6) is 0 Å². The fourth-order valence-corrected chi connectivity index (χ4v) is 2.72. The Kier molecular flexibility index (Phi) is 7.44. The van der Waals surface area contributed by atoms with E-state index in [-0.39, 0.29) is 5.97 Å². The van der Waals surface area contributed by atoms with Crippen molar-refractivity contribution >= 4 is 5.97 Å². The number of carbonyl (C=O) groups excluding carboxylic acids is 1. The summed E-state index contributed by atoms with van der Waals surface area (Å²) in [5.74, 6) is -0.0426. The topological polar surface area (TPSA) is 29.5 Å². The molecule has 0 spiro atoms. The van der Waals surface area contributed by atoms with Gasteiger partial charge in [-0.25, -0.2) is 0 Å². The number of hydrogen-bond acceptors (Lipinski definition) is 3. The van der Waals surface area contributed by atoms with Crippen LogP contribution in [0.25, 0.3) is 0 Å². The summed E-state index contributed by atoms with van der Waals surface area (Å²) in [5, 5.41) is 0. The standard InChI is InChI=1S/C16H31NO2/c1-4-19-15(18)9-6-5-7-12-17-13-8-10-16(2,3)11-14-17/h4-14H2,1-3H3. The molecule has 0 N–H and O–H groups in total. The lowest BCUT2D eigenvalue weighted by Gasteiger charge is -2.23. The predicted octanol–water partition coefficient (Wildman–Crippen LogP) is 3.62. The lowest BCUT2D eigenvalue weighted by molar-refractivity contribution is -0.143. The third kappa shape index (κ3) is 7.56. The molecule has 0 radical (unpaired) electrons. The highest BCUT2D eigenvalue weighted by Gasteiger charge is 2.22. The van der Waals surface area contributed by atoms with Gasteiger partial charge in [0.05, 0.1) is 6.61 Å². The van der Waals surface area contributed by atoms with Crippen molar-refractivity contribution in [3.63, 3.8) is 0 Å². The molecule has 0 bridgehead atoms. The molecule has 1 heterocycles. The van der Waals surface area contributed by atoms with Crippen LogP contribution in [0, 0.1) is 5.41 Å². The second-order valence-electron chi connectivity index (χ2n) is 6.48. The van der Waals surface area contributed by atoms with E-state index in [0.29, 0.717) is 18.4 Å². The van der Waals surface area contributed by atoms with Gasteiger partial charge in [-0.3, -0.25) is 4.79 Å². The highest BCUT2D eigenvalue weighted by atomic mass is 16.5. The highest BCUT2D eigenvalue weighted by Crippen LogP contribution is 2.29. The quantitative estimate of drug-likeness (QED) is 0.522. The molecule has 1 fully saturated rings. The summed E-state index contributed by atoms with van der Waals surface area (Å²) in [6, 6.07) is 0. The zero-order valence-electron chi connectivity index (χ0n) is 13.0. The Morgan fingerprint density at radius 3 is 2.68 bits per heavy atom. The first-order chi connectivity index (χ1) is 9.03. The molecular formula is C16H31NO2. The van der Waals surface area contributed by atoms with Gasteiger partial charge in [-0.05, 0) is 64.1 Å². The highest BCUT2D eigenvalue weighted by molar-refractivity contribution is 5.69. The van der Waals surface area contributed by atoms with Crippen LogP contribution in [0.15, 0.2) is 0 Å². The summed E-state index contributed by atoms with van der Waals surface area (Å²) < 4.78 is 4.93. The number of unbranched alkanes of at least 4 members (excludes halogenated alkanes) is 2. The van der Waals surface area contributed by atoms with Gasteiger partial charge in [0.25, 0.3) is 0 Å². The fourth-order valence-electron chi connectivity index (χ4n) is 2.72. The maximum Gasteiger partial charge on any atom is 0.305 e. The molecule has 0 saturated carbocycles. The molecule has 0 atom stereocenters. The van der Waals surface area contributed by atoms with Crippen molar-refractivity contribution in [2.75, 3.05) is 26.2 Å². The first kappa shape index (κ1) is 16.5. The normalized spacial score (nSPS) is 19.9. The Hall–Kier alpha value is -0.570. The number of likely N-dealkylation sites (tertiary alicyclic amines) is 1. The van der Waals surface area contributed by atoms with Crippen molar-refractivity contribution in [3.8, 4) is 0 Å². The molecule has 0 unspecified atom stereocenters. The third-order valence-corrected chi connectivity index (χ3v) is 4.09. The first-order valence-electron chi connectivity index (χ1n) is 7.91. The maximum atomic E-state index is 11.2. The first-order valence-corrected chi connectivity index (χ1v) is 7.91. The van der Waals surface area contributed by atoms with Gasteiger partial charge < -0.3 is 9.64 Å². The van der Waals surface area contributed by atoms with Crippen LogP contribution in [-0.4, -0.2) is 37.1 Å². The van der Waals surface area contributed by atoms with Gasteiger partial charge in [-0.15, -0.1) is 0 Å². The van der Waals surface area contributed by atoms with Gasteiger partial charge in [-0.1, -0.05) is 20.3 Å². The van der Waals surface area contributed by atoms with Crippen molar-refractivity contribution < 1.29 is 9.53 Å². The Morgan fingerprint density at radius 1 is 1.16 bits per heavy atom. The number of rotatable bonds is 7. The number of hydrogen-bond donors (Lipinski definition) is 0. The van der Waals surface area contributed by atoms with E-state index in [1.807, 2.05) is 6.92 Å². The lowest BCUT2D eigenvalue weighted by atomic mass is 9.85. The number of ether oxygens (including phenoxy) is 1. The SMILES string of the molecule is CCOC(=O)CCCCCN1CCCC(C)(C)CC1. The van der Waals surface area contributed by atoms with Crippen molar-refractivity contribution in [3.05, 3.63) is 0 Å². The molecule has 1 saturated heterocycles. The van der Waals surface area contributed by atoms with Crippen LogP contribution in [0.2, 0.25) is 0 Å². The van der Waals surface area contributed by atoms with Crippen LogP contribution in [0.4, 0.5) is 0 Å². The fraction of sp³-hybridized carbons (Fsp3) is 0.938. The lowest BCUT2D eigenvalue weighted by Crippen LogP contribution is -2.26. The average molecular weight is 269 g/mol. The smallest absolute Gasteiger partial charge is 0.305 e. The van der Waals surface area contributed by atoms with Crippen LogP contribution < -0.4 is 0 Å². The molecule has 19 heavy (non-hydrogen) atoms. The Balaban J connectivity index is 2.05. The van der Waals surface area contributed by atoms with E-state index in [0.717, 1.165) is 12.8 Å². The van der Waals surface area contributed by atoms with Crippen molar-refractivity contribution in [1.29, 1.82) is 0 Å². The van der Waals surface area contributed by atoms with Gasteiger partial charge >= 0.3 is 5.97 Å². The second kappa shape index (κ2) is 8.57. The molecule has 0 aromatic rings. The Bertz CT molecular complexity index is 263. The van der Waals surface area contributed by atoms with E-state index in [2.05, 4.69) is 18.7 Å². The van der Waals surface area contributed by atoms with Crippen molar-refractivity contribution in [1.82, 2.24) is 4.90 Å². The maximum absolute atomic E-state index is 11.2. The minimum absolute atomic E-state index is 0.0426. The van der Waals surface area contributed by atoms with Gasteiger partial charge in [0.2, 0.25) is 0 Å². The molecule has 112 valence electrons. The molecule has 1 rings (SSSR count). The van der Waals surface area contributed by atoms with Crippen LogP contribution in [0.1, 0.15) is 65.7 Å². The molecule has 0 aliphatic carbocycles. The average Bonchev–Trinajstić information content (AvgIpc) is 2.51. The molecule has 1 aliphatic heterocycles. The molecule has 0 aromatic heterocycles. The molecule has 1 aliphatic rings. The summed E-state index contributed by atoms with van der Waals surface area (Å²) in [6.45, 7) is 10.8. The largest absolute Gasteiger partial charge is 0.466 e. The predicted molar refractivity (Wildman–Crippen MR) is 79.2 cm³/mol. The molecule has 3 nitrogen and oxygen atoms in total. The Labute approximate surface area is 118 Å². The zero-order chi connectivity index (χ0) is 14.1. The van der Waals surface area contributed by atoms with E-state index < -0.39 is 0 Å². The molecule has 3 heteroatoms. The number of esters is 1. The van der Waals surface area contributed by atoms with Crippen LogP contribution in [0.3, 0.4) is 0 Å². The summed E-state index contributed by atoms with van der Waals surface area (Å²) in [6.07, 6.45) is 7.90. The number of nitrogens with zero attached hydrogens (tertiary/aromatic N) is 1. The van der Waals surface area contributed by atoms with Gasteiger partial charge in [-0.2, -0.15) is 0 Å². The van der Waals surface area contributed by atoms with E-state index >= 15 is 0 Å². The third-order valence-electron chi connectivity index (χ3n) is 4.09. The van der Waals surface area contributed by atoms with E-state index in [1.54, 1.807) is 0 Å². The minimum atomic E-state index is -0.0426. The second-order valence-corrected chi connectivity index (χ2v) is 6.48. The van der Waals surface area contributed by atoms with Crippen molar-refractivity contribution in [2.24, 2.45) is 5.41 Å². The van der Waals surface area contributed by atoms with E-state index in [9.17, 15) is 4.79 Å². The van der Waals surface area contributed by atoms with Gasteiger partial charge in [0.1, 0.15) is 0 Å². The van der Waals surface area contributed by atoms with E-state index in [1.165, 1.54) is 45.3 Å². The van der Waals surface area contributed by atoms with Gasteiger partial charge in [0, 0.05) is 6.42 Å². The summed E-state index contributed by atoms with van der Waals surface area (Å²) in [4.78, 5) is 13.8. The van der Waals surface area contributed by atoms with Crippen LogP contribution >= 0.6 is 0 Å². The van der Waals surface area contributed by atoms with Crippen LogP contribution in [-0.2, 0) is 9.53 Å². The zero-order valence-corrected chi connectivity index (χ0v) is 13.0. The molecule has 0 aromatic carbocycles. The summed E-state index contributed by atoms with van der Waals surface area (Å²) in [5.41, 5.74) is 0.526. The van der Waals surface area contributed by atoms with Crippen molar-refractivity contribution in [2.45, 2.75) is 65.7 Å². The van der Waals surface area contributed by atoms with E-state index in [4.69, 9.17) is 4.74 Å². The summed E-state index contributed by atoms with van der Waals surface area (Å²) in [7, 11) is 0. The Morgan fingerprint density at radius 2 is 1.95 bits per heavy atom. The monoisotopic (exact) mass is 269 g/mol.